The molecular formula is C23H22FN5O. The zero-order chi connectivity index (χ0) is 20.7. The second-order valence-electron chi connectivity index (χ2n) is 7.64. The van der Waals surface area contributed by atoms with Crippen LogP contribution >= 0.6 is 0 Å². The first-order valence-electron chi connectivity index (χ1n) is 10.0. The summed E-state index contributed by atoms with van der Waals surface area (Å²) in [7, 11) is 0. The molecule has 152 valence electrons. The third-order valence-electron chi connectivity index (χ3n) is 5.49. The first-order chi connectivity index (χ1) is 14.6. The summed E-state index contributed by atoms with van der Waals surface area (Å²) in [5, 5.41) is 5.20. The standard InChI is InChI=1S/C23H22FN5O/c1-15-3-8-21-17(13-15)14-20(22-25-16(2)30-27-22)23(26-21)29-11-9-28(10-12-29)19-6-4-18(24)5-7-19/h3-8,13-14H,9-12H2,1-2H3. The molecule has 1 aliphatic heterocycles. The van der Waals surface area contributed by atoms with Crippen molar-refractivity contribution >= 4 is 22.4 Å². The van der Waals surface area contributed by atoms with E-state index in [4.69, 9.17) is 9.51 Å². The van der Waals surface area contributed by atoms with Crippen LogP contribution < -0.4 is 9.80 Å². The normalized spacial score (nSPS) is 14.5. The zero-order valence-corrected chi connectivity index (χ0v) is 17.0. The molecule has 0 atom stereocenters. The SMILES string of the molecule is Cc1ccc2nc(N3CCN(c4ccc(F)cc4)CC3)c(-c3noc(C)n3)cc2c1. The fourth-order valence-corrected chi connectivity index (χ4v) is 3.93. The lowest BCUT2D eigenvalue weighted by molar-refractivity contribution is 0.394. The molecule has 0 bridgehead atoms. The van der Waals surface area contributed by atoms with Gasteiger partial charge in [0.2, 0.25) is 11.7 Å². The average molecular weight is 403 g/mol. The van der Waals surface area contributed by atoms with E-state index in [9.17, 15) is 4.39 Å². The Morgan fingerprint density at radius 1 is 0.867 bits per heavy atom. The number of pyridine rings is 1. The summed E-state index contributed by atoms with van der Waals surface area (Å²) in [5.74, 6) is 1.74. The second kappa shape index (κ2) is 7.40. The molecule has 0 N–H and O–H groups in total. The van der Waals surface area contributed by atoms with Gasteiger partial charge in [0.1, 0.15) is 11.6 Å². The summed E-state index contributed by atoms with van der Waals surface area (Å²) in [6, 6.07) is 15.0. The van der Waals surface area contributed by atoms with E-state index in [1.165, 1.54) is 17.7 Å². The molecule has 30 heavy (non-hydrogen) atoms. The monoisotopic (exact) mass is 403 g/mol. The third-order valence-corrected chi connectivity index (χ3v) is 5.49. The summed E-state index contributed by atoms with van der Waals surface area (Å²) in [6.45, 7) is 7.10. The third kappa shape index (κ3) is 3.47. The molecule has 1 fully saturated rings. The van der Waals surface area contributed by atoms with Gasteiger partial charge in [-0.2, -0.15) is 4.98 Å². The minimum atomic E-state index is -0.215. The molecule has 2 aromatic heterocycles. The molecular weight excluding hydrogens is 381 g/mol. The van der Waals surface area contributed by atoms with E-state index in [-0.39, 0.29) is 5.82 Å². The Morgan fingerprint density at radius 3 is 2.30 bits per heavy atom. The Labute approximate surface area is 174 Å². The van der Waals surface area contributed by atoms with Gasteiger partial charge >= 0.3 is 0 Å². The second-order valence-corrected chi connectivity index (χ2v) is 7.64. The van der Waals surface area contributed by atoms with Crippen molar-refractivity contribution < 1.29 is 8.91 Å². The molecule has 0 unspecified atom stereocenters. The van der Waals surface area contributed by atoms with Crippen molar-refractivity contribution in [2.45, 2.75) is 13.8 Å². The first kappa shape index (κ1) is 18.5. The molecule has 5 rings (SSSR count). The van der Waals surface area contributed by atoms with E-state index in [0.29, 0.717) is 11.7 Å². The maximum Gasteiger partial charge on any atom is 0.223 e. The molecule has 0 amide bonds. The highest BCUT2D eigenvalue weighted by atomic mass is 19.1. The number of fused-ring (bicyclic) bond motifs is 1. The van der Waals surface area contributed by atoms with E-state index in [1.54, 1.807) is 6.92 Å². The number of hydrogen-bond donors (Lipinski definition) is 0. The lowest BCUT2D eigenvalue weighted by Gasteiger charge is -2.37. The Morgan fingerprint density at radius 2 is 1.60 bits per heavy atom. The zero-order valence-electron chi connectivity index (χ0n) is 17.0. The minimum Gasteiger partial charge on any atom is -0.368 e. The molecule has 1 saturated heterocycles. The smallest absolute Gasteiger partial charge is 0.223 e. The number of aryl methyl sites for hydroxylation is 2. The highest BCUT2D eigenvalue weighted by Crippen LogP contribution is 2.32. The molecule has 0 aliphatic carbocycles. The quantitative estimate of drug-likeness (QED) is 0.506. The van der Waals surface area contributed by atoms with Gasteiger partial charge in [-0.05, 0) is 49.4 Å². The minimum absolute atomic E-state index is 0.215. The predicted octanol–water partition coefficient (Wildman–Crippen LogP) is 4.37. The van der Waals surface area contributed by atoms with Crippen LogP contribution in [0, 0.1) is 19.7 Å². The van der Waals surface area contributed by atoms with Crippen LogP contribution in [0.1, 0.15) is 11.5 Å². The Kier molecular flexibility index (Phi) is 4.58. The van der Waals surface area contributed by atoms with Crippen LogP contribution in [0.3, 0.4) is 0 Å². The lowest BCUT2D eigenvalue weighted by Crippen LogP contribution is -2.47. The average Bonchev–Trinajstić information content (AvgIpc) is 3.20. The van der Waals surface area contributed by atoms with Crippen molar-refractivity contribution in [3.8, 4) is 11.4 Å². The van der Waals surface area contributed by atoms with Crippen molar-refractivity contribution in [3.05, 3.63) is 65.8 Å². The molecule has 0 radical (unpaired) electrons. The van der Waals surface area contributed by atoms with E-state index >= 15 is 0 Å². The van der Waals surface area contributed by atoms with Crippen molar-refractivity contribution in [2.75, 3.05) is 36.0 Å². The van der Waals surface area contributed by atoms with E-state index in [0.717, 1.165) is 54.2 Å². The molecule has 2 aromatic carbocycles. The van der Waals surface area contributed by atoms with Gasteiger partial charge in [0, 0.05) is 44.2 Å². The van der Waals surface area contributed by atoms with Crippen molar-refractivity contribution in [2.24, 2.45) is 0 Å². The summed E-state index contributed by atoms with van der Waals surface area (Å²) in [6.07, 6.45) is 0. The van der Waals surface area contributed by atoms with Crippen LogP contribution in [0.15, 0.2) is 53.1 Å². The van der Waals surface area contributed by atoms with Crippen molar-refractivity contribution in [1.29, 1.82) is 0 Å². The van der Waals surface area contributed by atoms with Gasteiger partial charge in [-0.15, -0.1) is 0 Å². The van der Waals surface area contributed by atoms with Gasteiger partial charge < -0.3 is 14.3 Å². The van der Waals surface area contributed by atoms with Crippen molar-refractivity contribution in [3.63, 3.8) is 0 Å². The molecule has 0 saturated carbocycles. The highest BCUT2D eigenvalue weighted by molar-refractivity contribution is 5.88. The van der Waals surface area contributed by atoms with Crippen LogP contribution in [-0.2, 0) is 0 Å². The number of halogens is 1. The number of aromatic nitrogens is 3. The fraction of sp³-hybridized carbons (Fsp3) is 0.261. The molecule has 4 aromatic rings. The maximum absolute atomic E-state index is 13.2. The van der Waals surface area contributed by atoms with E-state index < -0.39 is 0 Å². The summed E-state index contributed by atoms with van der Waals surface area (Å²) in [4.78, 5) is 13.9. The van der Waals surface area contributed by atoms with Gasteiger partial charge in [-0.3, -0.25) is 0 Å². The van der Waals surface area contributed by atoms with E-state index in [1.807, 2.05) is 18.2 Å². The number of hydrogen-bond acceptors (Lipinski definition) is 6. The van der Waals surface area contributed by atoms with Gasteiger partial charge in [0.05, 0.1) is 11.1 Å². The number of benzene rings is 2. The number of anilines is 2. The van der Waals surface area contributed by atoms with Gasteiger partial charge in [-0.25, -0.2) is 9.37 Å². The predicted molar refractivity (Wildman–Crippen MR) is 115 cm³/mol. The van der Waals surface area contributed by atoms with Crippen LogP contribution in [0.2, 0.25) is 0 Å². The topological polar surface area (TPSA) is 58.3 Å². The fourth-order valence-electron chi connectivity index (χ4n) is 3.93. The summed E-state index contributed by atoms with van der Waals surface area (Å²) < 4.78 is 18.5. The molecule has 7 heteroatoms. The Balaban J connectivity index is 1.49. The van der Waals surface area contributed by atoms with Crippen LogP contribution in [0.5, 0.6) is 0 Å². The first-order valence-corrected chi connectivity index (χ1v) is 10.0. The molecule has 6 nitrogen and oxygen atoms in total. The van der Waals surface area contributed by atoms with Crippen LogP contribution in [-0.4, -0.2) is 41.3 Å². The Hall–Kier alpha value is -3.48. The van der Waals surface area contributed by atoms with Gasteiger partial charge in [0.25, 0.3) is 0 Å². The molecule has 1 aliphatic rings. The van der Waals surface area contributed by atoms with Gasteiger partial charge in [-0.1, -0.05) is 16.8 Å². The van der Waals surface area contributed by atoms with E-state index in [2.05, 4.69) is 45.1 Å². The van der Waals surface area contributed by atoms with Crippen molar-refractivity contribution in [1.82, 2.24) is 15.1 Å². The van der Waals surface area contributed by atoms with Gasteiger partial charge in [0.15, 0.2) is 0 Å². The number of piperazine rings is 1. The molecule has 0 spiro atoms. The van der Waals surface area contributed by atoms with Crippen LogP contribution in [0.4, 0.5) is 15.9 Å². The highest BCUT2D eigenvalue weighted by Gasteiger charge is 2.23. The lowest BCUT2D eigenvalue weighted by atomic mass is 10.1. The maximum atomic E-state index is 13.2. The number of rotatable bonds is 3. The summed E-state index contributed by atoms with van der Waals surface area (Å²) in [5.41, 5.74) is 4.04. The molecule has 3 heterocycles. The largest absolute Gasteiger partial charge is 0.368 e. The van der Waals surface area contributed by atoms with Crippen LogP contribution in [0.25, 0.3) is 22.3 Å². The Bertz CT molecular complexity index is 1200. The number of nitrogens with zero attached hydrogens (tertiary/aromatic N) is 5. The summed E-state index contributed by atoms with van der Waals surface area (Å²) >= 11 is 0.